The smallest absolute Gasteiger partial charge is 0.238 e. The molecule has 0 amide bonds. The molecule has 0 fully saturated rings. The van der Waals surface area contributed by atoms with Crippen molar-refractivity contribution in [3.05, 3.63) is 53.1 Å². The SMILES string of the molecule is CC(C)OCC1n2cncc2CN([C@@H](C)c2ccc(Cl)cc2)S1(=O)=O. The molecule has 1 aliphatic heterocycles. The Kier molecular flexibility index (Phi) is 5.20. The van der Waals surface area contributed by atoms with Crippen LogP contribution in [-0.4, -0.2) is 35.0 Å². The number of ether oxygens (including phenoxy) is 1. The Morgan fingerprint density at radius 2 is 1.96 bits per heavy atom. The molecule has 136 valence electrons. The van der Waals surface area contributed by atoms with Crippen molar-refractivity contribution in [3.8, 4) is 0 Å². The van der Waals surface area contributed by atoms with E-state index < -0.39 is 15.4 Å². The van der Waals surface area contributed by atoms with Gasteiger partial charge in [-0.25, -0.2) is 13.4 Å². The fourth-order valence-electron chi connectivity index (χ4n) is 2.97. The zero-order valence-electron chi connectivity index (χ0n) is 14.5. The summed E-state index contributed by atoms with van der Waals surface area (Å²) >= 11 is 5.94. The first kappa shape index (κ1) is 18.4. The molecule has 0 saturated heterocycles. The van der Waals surface area contributed by atoms with Gasteiger partial charge in [0.1, 0.15) is 0 Å². The average molecular weight is 384 g/mol. The fourth-order valence-corrected chi connectivity index (χ4v) is 5.01. The monoisotopic (exact) mass is 383 g/mol. The topological polar surface area (TPSA) is 64.4 Å². The molecule has 1 aliphatic rings. The van der Waals surface area contributed by atoms with Gasteiger partial charge in [0, 0.05) is 17.3 Å². The third-order valence-electron chi connectivity index (χ3n) is 4.40. The lowest BCUT2D eigenvalue weighted by Crippen LogP contribution is -2.44. The van der Waals surface area contributed by atoms with Crippen LogP contribution in [0.5, 0.6) is 0 Å². The van der Waals surface area contributed by atoms with Crippen molar-refractivity contribution in [1.29, 1.82) is 0 Å². The van der Waals surface area contributed by atoms with Crippen LogP contribution < -0.4 is 0 Å². The third-order valence-corrected chi connectivity index (χ3v) is 6.80. The Labute approximate surface area is 153 Å². The first-order valence-electron chi connectivity index (χ1n) is 8.19. The number of rotatable bonds is 5. The summed E-state index contributed by atoms with van der Waals surface area (Å²) in [4.78, 5) is 4.12. The maximum absolute atomic E-state index is 13.2. The van der Waals surface area contributed by atoms with Crippen molar-refractivity contribution in [1.82, 2.24) is 13.9 Å². The highest BCUT2D eigenvalue weighted by atomic mass is 35.5. The van der Waals surface area contributed by atoms with Gasteiger partial charge in [-0.3, -0.25) is 0 Å². The number of halogens is 1. The van der Waals surface area contributed by atoms with Crippen LogP contribution in [0.1, 0.15) is 43.4 Å². The lowest BCUT2D eigenvalue weighted by Gasteiger charge is -2.37. The van der Waals surface area contributed by atoms with Gasteiger partial charge in [0.25, 0.3) is 0 Å². The van der Waals surface area contributed by atoms with Crippen LogP contribution in [0, 0.1) is 0 Å². The molecule has 2 aromatic rings. The number of fused-ring (bicyclic) bond motifs is 1. The van der Waals surface area contributed by atoms with Gasteiger partial charge >= 0.3 is 0 Å². The minimum absolute atomic E-state index is 0.0498. The number of hydrogen-bond acceptors (Lipinski definition) is 4. The summed E-state index contributed by atoms with van der Waals surface area (Å²) in [6, 6.07) is 6.94. The van der Waals surface area contributed by atoms with Crippen LogP contribution in [0.3, 0.4) is 0 Å². The second-order valence-corrected chi connectivity index (χ2v) is 8.93. The largest absolute Gasteiger partial charge is 0.375 e. The molecule has 1 aromatic carbocycles. The molecule has 0 aliphatic carbocycles. The minimum Gasteiger partial charge on any atom is -0.375 e. The minimum atomic E-state index is -3.60. The van der Waals surface area contributed by atoms with Crippen LogP contribution in [0.15, 0.2) is 36.8 Å². The predicted molar refractivity (Wildman–Crippen MR) is 96.7 cm³/mol. The standard InChI is InChI=1S/C17H22ClN3O3S/c1-12(2)24-10-17-20-11-19-8-16(20)9-21(25(17,22)23)13(3)14-4-6-15(18)7-5-14/h4-8,11-13,17H,9-10H2,1-3H3/t13-,17?/m0/s1. The molecule has 6 nitrogen and oxygen atoms in total. The second kappa shape index (κ2) is 7.07. The molecule has 8 heteroatoms. The van der Waals surface area contributed by atoms with Crippen LogP contribution in [-0.2, 0) is 21.3 Å². The highest BCUT2D eigenvalue weighted by Gasteiger charge is 2.42. The average Bonchev–Trinajstić information content (AvgIpc) is 3.00. The number of benzene rings is 1. The Bertz CT molecular complexity index is 833. The van der Waals surface area contributed by atoms with Gasteiger partial charge in [-0.15, -0.1) is 0 Å². The molecule has 2 atom stereocenters. The molecular formula is C17H22ClN3O3S. The third kappa shape index (κ3) is 3.60. The van der Waals surface area contributed by atoms with Gasteiger partial charge in [-0.2, -0.15) is 4.31 Å². The fraction of sp³-hybridized carbons (Fsp3) is 0.471. The zero-order chi connectivity index (χ0) is 18.2. The Hall–Kier alpha value is -1.41. The summed E-state index contributed by atoms with van der Waals surface area (Å²) in [5.41, 5.74) is 1.75. The van der Waals surface area contributed by atoms with Gasteiger partial charge in [-0.05, 0) is 38.5 Å². The highest BCUT2D eigenvalue weighted by Crippen LogP contribution is 2.36. The number of nitrogens with zero attached hydrogens (tertiary/aromatic N) is 3. The highest BCUT2D eigenvalue weighted by molar-refractivity contribution is 7.89. The van der Waals surface area contributed by atoms with Crippen LogP contribution in [0.25, 0.3) is 0 Å². The number of sulfonamides is 1. The van der Waals surface area contributed by atoms with Crippen LogP contribution in [0.2, 0.25) is 5.02 Å². The summed E-state index contributed by atoms with van der Waals surface area (Å²) in [5.74, 6) is 0. The van der Waals surface area contributed by atoms with Gasteiger partial charge in [0.05, 0.1) is 31.3 Å². The van der Waals surface area contributed by atoms with E-state index in [4.69, 9.17) is 16.3 Å². The molecule has 0 radical (unpaired) electrons. The summed E-state index contributed by atoms with van der Waals surface area (Å²) in [5, 5.41) is -0.186. The van der Waals surface area contributed by atoms with E-state index >= 15 is 0 Å². The first-order valence-corrected chi connectivity index (χ1v) is 10.1. The van der Waals surface area contributed by atoms with Gasteiger partial charge in [0.2, 0.25) is 10.0 Å². The maximum Gasteiger partial charge on any atom is 0.238 e. The summed E-state index contributed by atoms with van der Waals surface area (Å²) < 4.78 is 35.3. The van der Waals surface area contributed by atoms with Crippen molar-refractivity contribution >= 4 is 21.6 Å². The molecule has 0 saturated carbocycles. The zero-order valence-corrected chi connectivity index (χ0v) is 16.0. The van der Waals surface area contributed by atoms with Gasteiger partial charge < -0.3 is 9.30 Å². The number of hydrogen-bond donors (Lipinski definition) is 0. The number of imidazole rings is 1. The van der Waals surface area contributed by atoms with Crippen LogP contribution in [0.4, 0.5) is 0 Å². The van der Waals surface area contributed by atoms with E-state index in [9.17, 15) is 8.42 Å². The van der Waals surface area contributed by atoms with Gasteiger partial charge in [0.15, 0.2) is 5.37 Å². The molecule has 0 bridgehead atoms. The lowest BCUT2D eigenvalue weighted by atomic mass is 10.1. The molecule has 0 N–H and O–H groups in total. The molecule has 0 spiro atoms. The lowest BCUT2D eigenvalue weighted by molar-refractivity contribution is 0.0649. The van der Waals surface area contributed by atoms with Crippen molar-refractivity contribution in [2.45, 2.75) is 44.8 Å². The van der Waals surface area contributed by atoms with E-state index in [2.05, 4.69) is 4.98 Å². The number of aromatic nitrogens is 2. The maximum atomic E-state index is 13.2. The first-order chi connectivity index (χ1) is 11.8. The molecule has 3 rings (SSSR count). The van der Waals surface area contributed by atoms with Crippen molar-refractivity contribution < 1.29 is 13.2 Å². The Morgan fingerprint density at radius 1 is 1.28 bits per heavy atom. The second-order valence-electron chi connectivity index (χ2n) is 6.45. The van der Waals surface area contributed by atoms with Crippen molar-refractivity contribution in [2.75, 3.05) is 6.61 Å². The quantitative estimate of drug-likeness (QED) is 0.794. The van der Waals surface area contributed by atoms with E-state index in [0.717, 1.165) is 11.3 Å². The molecule has 2 heterocycles. The van der Waals surface area contributed by atoms with E-state index in [1.807, 2.05) is 32.9 Å². The van der Waals surface area contributed by atoms with E-state index in [1.54, 1.807) is 29.2 Å². The summed E-state index contributed by atoms with van der Waals surface area (Å²) in [6.45, 7) is 6.03. The van der Waals surface area contributed by atoms with E-state index in [-0.39, 0.29) is 25.3 Å². The normalized spacial score (nSPS) is 21.2. The Balaban J connectivity index is 1.96. The van der Waals surface area contributed by atoms with E-state index in [1.165, 1.54) is 4.31 Å². The molecule has 1 unspecified atom stereocenters. The predicted octanol–water partition coefficient (Wildman–Crippen LogP) is 3.37. The van der Waals surface area contributed by atoms with Crippen molar-refractivity contribution in [2.24, 2.45) is 0 Å². The van der Waals surface area contributed by atoms with Gasteiger partial charge in [-0.1, -0.05) is 23.7 Å². The summed E-state index contributed by atoms with van der Waals surface area (Å²) in [7, 11) is -3.60. The molecule has 1 aromatic heterocycles. The Morgan fingerprint density at radius 3 is 2.60 bits per heavy atom. The molecule has 25 heavy (non-hydrogen) atoms. The molecular weight excluding hydrogens is 362 g/mol. The van der Waals surface area contributed by atoms with E-state index in [0.29, 0.717) is 5.02 Å². The summed E-state index contributed by atoms with van der Waals surface area (Å²) in [6.07, 6.45) is 3.22. The van der Waals surface area contributed by atoms with Crippen molar-refractivity contribution in [3.63, 3.8) is 0 Å². The van der Waals surface area contributed by atoms with Crippen LogP contribution >= 0.6 is 11.6 Å².